The van der Waals surface area contributed by atoms with E-state index in [0.29, 0.717) is 6.61 Å². The number of nitrogens with zero attached hydrogens (tertiary/aromatic N) is 4. The van der Waals surface area contributed by atoms with Crippen molar-refractivity contribution in [2.75, 3.05) is 26.2 Å². The van der Waals surface area contributed by atoms with Gasteiger partial charge in [-0.2, -0.15) is 5.10 Å². The van der Waals surface area contributed by atoms with Gasteiger partial charge in [-0.3, -0.25) is 14.4 Å². The van der Waals surface area contributed by atoms with Crippen molar-refractivity contribution in [1.82, 2.24) is 19.6 Å². The van der Waals surface area contributed by atoms with Crippen LogP contribution in [0.25, 0.3) is 0 Å². The number of amides is 1. The molecule has 0 atom stereocenters. The molecule has 1 aliphatic rings. The summed E-state index contributed by atoms with van der Waals surface area (Å²) in [7, 11) is 0. The summed E-state index contributed by atoms with van der Waals surface area (Å²) in [5.74, 6) is 0.943. The molecule has 1 saturated heterocycles. The highest BCUT2D eigenvalue weighted by Crippen LogP contribution is 2.17. The van der Waals surface area contributed by atoms with Crippen LogP contribution in [-0.2, 0) is 26.1 Å². The van der Waals surface area contributed by atoms with Crippen molar-refractivity contribution >= 4 is 5.91 Å². The summed E-state index contributed by atoms with van der Waals surface area (Å²) in [5.41, 5.74) is 5.39. The molecule has 1 amide bonds. The van der Waals surface area contributed by atoms with E-state index in [4.69, 9.17) is 4.74 Å². The van der Waals surface area contributed by atoms with Crippen LogP contribution in [0.3, 0.4) is 0 Å². The zero-order chi connectivity index (χ0) is 23.2. The maximum Gasteiger partial charge on any atom is 0.253 e. The van der Waals surface area contributed by atoms with E-state index in [9.17, 15) is 4.79 Å². The Morgan fingerprint density at radius 1 is 1.00 bits per heavy atom. The SMILES string of the molecule is CCc1ccc(OCc2cccc(C(=O)N3CCN(Cc4cn(CC)nc4C)CC3)c2)cc1. The first kappa shape index (κ1) is 23.1. The second kappa shape index (κ2) is 10.7. The minimum atomic E-state index is 0.0961. The van der Waals surface area contributed by atoms with E-state index in [2.05, 4.69) is 49.1 Å². The molecule has 0 radical (unpaired) electrons. The average molecular weight is 447 g/mol. The Morgan fingerprint density at radius 2 is 1.76 bits per heavy atom. The van der Waals surface area contributed by atoms with E-state index in [1.165, 1.54) is 11.1 Å². The van der Waals surface area contributed by atoms with Crippen molar-refractivity contribution in [2.45, 2.75) is 46.9 Å². The van der Waals surface area contributed by atoms with Crippen LogP contribution in [0.4, 0.5) is 0 Å². The lowest BCUT2D eigenvalue weighted by Gasteiger charge is -2.34. The van der Waals surface area contributed by atoms with Gasteiger partial charge < -0.3 is 9.64 Å². The molecule has 1 aromatic heterocycles. The number of rotatable bonds is 8. The second-order valence-electron chi connectivity index (χ2n) is 8.65. The Labute approximate surface area is 196 Å². The fourth-order valence-corrected chi connectivity index (χ4v) is 4.19. The van der Waals surface area contributed by atoms with Gasteiger partial charge in [-0.25, -0.2) is 0 Å². The molecule has 33 heavy (non-hydrogen) atoms. The number of piperazine rings is 1. The minimum absolute atomic E-state index is 0.0961. The number of aryl methyl sites for hydroxylation is 3. The molecule has 6 heteroatoms. The second-order valence-corrected chi connectivity index (χ2v) is 8.65. The predicted octanol–water partition coefficient (Wildman–Crippen LogP) is 4.31. The highest BCUT2D eigenvalue weighted by molar-refractivity contribution is 5.94. The van der Waals surface area contributed by atoms with Crippen LogP contribution in [-0.4, -0.2) is 51.7 Å². The monoisotopic (exact) mass is 446 g/mol. The van der Waals surface area contributed by atoms with Crippen LogP contribution in [0.5, 0.6) is 5.75 Å². The van der Waals surface area contributed by atoms with Gasteiger partial charge in [0.2, 0.25) is 0 Å². The Morgan fingerprint density at radius 3 is 2.42 bits per heavy atom. The summed E-state index contributed by atoms with van der Waals surface area (Å²) in [6, 6.07) is 16.0. The van der Waals surface area contributed by atoms with Crippen LogP contribution in [0.15, 0.2) is 54.7 Å². The van der Waals surface area contributed by atoms with E-state index in [1.807, 2.05) is 46.0 Å². The first-order chi connectivity index (χ1) is 16.1. The molecular weight excluding hydrogens is 412 g/mol. The van der Waals surface area contributed by atoms with E-state index in [1.54, 1.807) is 0 Å². The summed E-state index contributed by atoms with van der Waals surface area (Å²) < 4.78 is 7.91. The van der Waals surface area contributed by atoms with Crippen molar-refractivity contribution < 1.29 is 9.53 Å². The van der Waals surface area contributed by atoms with Crippen molar-refractivity contribution in [1.29, 1.82) is 0 Å². The van der Waals surface area contributed by atoms with E-state index >= 15 is 0 Å². The number of ether oxygens (including phenoxy) is 1. The molecule has 0 bridgehead atoms. The largest absolute Gasteiger partial charge is 0.489 e. The first-order valence-electron chi connectivity index (χ1n) is 11.9. The molecule has 0 unspecified atom stereocenters. The molecule has 4 rings (SSSR count). The lowest BCUT2D eigenvalue weighted by Crippen LogP contribution is -2.48. The number of benzene rings is 2. The lowest BCUT2D eigenvalue weighted by molar-refractivity contribution is 0.0628. The number of hydrogen-bond donors (Lipinski definition) is 0. The topological polar surface area (TPSA) is 50.6 Å². The Hall–Kier alpha value is -3.12. The van der Waals surface area contributed by atoms with Gasteiger partial charge >= 0.3 is 0 Å². The quantitative estimate of drug-likeness (QED) is 0.517. The maximum absolute atomic E-state index is 13.1. The molecule has 2 aromatic carbocycles. The van der Waals surface area contributed by atoms with E-state index in [-0.39, 0.29) is 5.91 Å². The van der Waals surface area contributed by atoms with Gasteiger partial charge in [0.1, 0.15) is 12.4 Å². The summed E-state index contributed by atoms with van der Waals surface area (Å²) in [6.07, 6.45) is 3.15. The first-order valence-corrected chi connectivity index (χ1v) is 11.9. The fourth-order valence-electron chi connectivity index (χ4n) is 4.19. The molecule has 0 spiro atoms. The van der Waals surface area contributed by atoms with Crippen molar-refractivity contribution in [3.8, 4) is 5.75 Å². The molecule has 6 nitrogen and oxygen atoms in total. The van der Waals surface area contributed by atoms with Crippen LogP contribution in [0.1, 0.15) is 46.6 Å². The third-order valence-corrected chi connectivity index (χ3v) is 6.34. The molecule has 2 heterocycles. The van der Waals surface area contributed by atoms with Gasteiger partial charge in [-0.05, 0) is 55.7 Å². The van der Waals surface area contributed by atoms with Crippen LogP contribution in [0.2, 0.25) is 0 Å². The molecule has 0 N–H and O–H groups in total. The Bertz CT molecular complexity index is 1070. The standard InChI is InChI=1S/C27H34N4O2/c1-4-22-9-11-26(12-10-22)33-20-23-7-6-8-24(17-23)27(32)30-15-13-29(14-16-30)18-25-19-31(5-2)28-21(25)3/h6-12,17,19H,4-5,13-16,18,20H2,1-3H3. The van der Waals surface area contributed by atoms with Gasteiger partial charge in [-0.15, -0.1) is 0 Å². The predicted molar refractivity (Wildman–Crippen MR) is 130 cm³/mol. The Balaban J connectivity index is 1.30. The zero-order valence-corrected chi connectivity index (χ0v) is 20.0. The molecule has 0 saturated carbocycles. The highest BCUT2D eigenvalue weighted by atomic mass is 16.5. The van der Waals surface area contributed by atoms with E-state index in [0.717, 1.165) is 68.3 Å². The van der Waals surface area contributed by atoms with Crippen molar-refractivity contribution in [3.63, 3.8) is 0 Å². The smallest absolute Gasteiger partial charge is 0.253 e. The third kappa shape index (κ3) is 5.82. The molecular formula is C27H34N4O2. The normalized spacial score (nSPS) is 14.5. The summed E-state index contributed by atoms with van der Waals surface area (Å²) >= 11 is 0. The fraction of sp³-hybridized carbons (Fsp3) is 0.407. The third-order valence-electron chi connectivity index (χ3n) is 6.34. The van der Waals surface area contributed by atoms with E-state index < -0.39 is 0 Å². The van der Waals surface area contributed by atoms with Gasteiger partial charge in [0.05, 0.1) is 5.69 Å². The molecule has 1 aliphatic heterocycles. The Kier molecular flexibility index (Phi) is 7.45. The van der Waals surface area contributed by atoms with Crippen LogP contribution < -0.4 is 4.74 Å². The number of carbonyl (C=O) groups excluding carboxylic acids is 1. The number of hydrogen-bond acceptors (Lipinski definition) is 4. The minimum Gasteiger partial charge on any atom is -0.489 e. The molecule has 0 aliphatic carbocycles. The lowest BCUT2D eigenvalue weighted by atomic mass is 10.1. The van der Waals surface area contributed by atoms with Crippen LogP contribution >= 0.6 is 0 Å². The summed E-state index contributed by atoms with van der Waals surface area (Å²) in [5, 5.41) is 4.54. The summed E-state index contributed by atoms with van der Waals surface area (Å²) in [6.45, 7) is 11.8. The molecule has 3 aromatic rings. The number of carbonyl (C=O) groups is 1. The zero-order valence-electron chi connectivity index (χ0n) is 20.0. The van der Waals surface area contributed by atoms with Gasteiger partial charge in [0.25, 0.3) is 5.91 Å². The van der Waals surface area contributed by atoms with Crippen molar-refractivity contribution in [3.05, 3.63) is 82.7 Å². The van der Waals surface area contributed by atoms with Gasteiger partial charge in [0, 0.05) is 56.6 Å². The maximum atomic E-state index is 13.1. The summed E-state index contributed by atoms with van der Waals surface area (Å²) in [4.78, 5) is 17.5. The van der Waals surface area contributed by atoms with Crippen LogP contribution in [0, 0.1) is 6.92 Å². The van der Waals surface area contributed by atoms with Crippen molar-refractivity contribution in [2.24, 2.45) is 0 Å². The van der Waals surface area contributed by atoms with Gasteiger partial charge in [-0.1, -0.05) is 31.2 Å². The number of aromatic nitrogens is 2. The highest BCUT2D eigenvalue weighted by Gasteiger charge is 2.23. The molecule has 174 valence electrons. The van der Waals surface area contributed by atoms with Gasteiger partial charge in [0.15, 0.2) is 0 Å². The average Bonchev–Trinajstić information content (AvgIpc) is 3.22. The molecule has 1 fully saturated rings.